The summed E-state index contributed by atoms with van der Waals surface area (Å²) >= 11 is 0. The average Bonchev–Trinajstić information content (AvgIpc) is 2.59. The molecule has 0 unspecified atom stereocenters. The van der Waals surface area contributed by atoms with E-state index in [0.29, 0.717) is 37.4 Å². The lowest BCUT2D eigenvalue weighted by Gasteiger charge is -2.13. The maximum Gasteiger partial charge on any atom is 0.339 e. The van der Waals surface area contributed by atoms with Crippen molar-refractivity contribution in [2.24, 2.45) is 0 Å². The van der Waals surface area contributed by atoms with Crippen LogP contribution in [-0.4, -0.2) is 19.2 Å². The Labute approximate surface area is 94.7 Å². The highest BCUT2D eigenvalue weighted by molar-refractivity contribution is 5.90. The second kappa shape index (κ2) is 5.47. The number of allylic oxidation sites excluding steroid dienone is 5. The second-order valence-electron chi connectivity index (χ2n) is 3.59. The van der Waals surface area contributed by atoms with Crippen molar-refractivity contribution in [2.45, 2.75) is 12.8 Å². The Bertz CT molecular complexity index is 386. The van der Waals surface area contributed by atoms with E-state index < -0.39 is 0 Å². The molecule has 1 aliphatic carbocycles. The predicted molar refractivity (Wildman–Crippen MR) is 60.6 cm³/mol. The molecule has 0 aromatic carbocycles. The minimum atomic E-state index is -0.260. The minimum absolute atomic E-state index is 0.260. The van der Waals surface area contributed by atoms with Gasteiger partial charge in [-0.3, -0.25) is 0 Å². The molecule has 0 bridgehead atoms. The van der Waals surface area contributed by atoms with Gasteiger partial charge in [0.2, 0.25) is 0 Å². The first kappa shape index (κ1) is 10.9. The van der Waals surface area contributed by atoms with Crippen LogP contribution in [0.4, 0.5) is 0 Å². The number of carbonyl (C=O) groups excluding carboxylic acids is 1. The van der Waals surface area contributed by atoms with Crippen LogP contribution in [0.5, 0.6) is 0 Å². The summed E-state index contributed by atoms with van der Waals surface area (Å²) in [6.45, 7) is 1.15. The molecule has 3 nitrogen and oxygen atoms in total. The van der Waals surface area contributed by atoms with E-state index in [0.717, 1.165) is 0 Å². The van der Waals surface area contributed by atoms with Crippen molar-refractivity contribution in [1.82, 2.24) is 0 Å². The average molecular weight is 218 g/mol. The van der Waals surface area contributed by atoms with E-state index in [1.807, 2.05) is 30.4 Å². The van der Waals surface area contributed by atoms with Crippen molar-refractivity contribution < 1.29 is 14.3 Å². The summed E-state index contributed by atoms with van der Waals surface area (Å²) in [5.74, 6) is 0.457. The molecular formula is C13H14O3. The molecule has 0 fully saturated rings. The fourth-order valence-electron chi connectivity index (χ4n) is 1.52. The van der Waals surface area contributed by atoms with Gasteiger partial charge in [0, 0.05) is 12.0 Å². The third kappa shape index (κ3) is 2.94. The van der Waals surface area contributed by atoms with E-state index in [9.17, 15) is 4.79 Å². The smallest absolute Gasteiger partial charge is 0.339 e. The number of ether oxygens (including phenoxy) is 2. The van der Waals surface area contributed by atoms with Gasteiger partial charge in [0.1, 0.15) is 5.76 Å². The lowest BCUT2D eigenvalue weighted by molar-refractivity contribution is -0.135. The molecule has 16 heavy (non-hydrogen) atoms. The summed E-state index contributed by atoms with van der Waals surface area (Å²) in [5, 5.41) is 0. The molecule has 2 rings (SSSR count). The van der Waals surface area contributed by atoms with Gasteiger partial charge in [0.15, 0.2) is 0 Å². The highest BCUT2D eigenvalue weighted by Crippen LogP contribution is 2.15. The highest BCUT2D eigenvalue weighted by Gasteiger charge is 2.14. The van der Waals surface area contributed by atoms with Crippen molar-refractivity contribution in [3.05, 3.63) is 47.8 Å². The van der Waals surface area contributed by atoms with Gasteiger partial charge in [0.05, 0.1) is 13.2 Å². The first-order valence-corrected chi connectivity index (χ1v) is 5.37. The standard InChI is InChI=1S/C13H14O3/c14-13(11-5-3-1-2-4-6-11)16-12-7-9-15-10-8-12/h1-5,7H,6,8-10H2. The van der Waals surface area contributed by atoms with Gasteiger partial charge in [-0.15, -0.1) is 0 Å². The largest absolute Gasteiger partial charge is 0.428 e. The number of esters is 1. The van der Waals surface area contributed by atoms with E-state index in [2.05, 4.69) is 0 Å². The lowest BCUT2D eigenvalue weighted by Crippen LogP contribution is -2.12. The molecule has 0 amide bonds. The van der Waals surface area contributed by atoms with Crippen LogP contribution in [0.1, 0.15) is 12.8 Å². The SMILES string of the molecule is O=C(OC1=CCOCC1)C1=CC=CC=CC1. The summed E-state index contributed by atoms with van der Waals surface area (Å²) in [7, 11) is 0. The fourth-order valence-corrected chi connectivity index (χ4v) is 1.52. The fraction of sp³-hybridized carbons (Fsp3) is 0.308. The Morgan fingerprint density at radius 3 is 3.06 bits per heavy atom. The van der Waals surface area contributed by atoms with Gasteiger partial charge in [-0.2, -0.15) is 0 Å². The molecule has 3 heteroatoms. The van der Waals surface area contributed by atoms with Crippen molar-refractivity contribution in [3.8, 4) is 0 Å². The third-order valence-corrected chi connectivity index (χ3v) is 2.40. The summed E-state index contributed by atoms with van der Waals surface area (Å²) in [6.07, 6.45) is 12.5. The number of rotatable bonds is 2. The summed E-state index contributed by atoms with van der Waals surface area (Å²) in [5.41, 5.74) is 0.678. The van der Waals surface area contributed by atoms with Crippen molar-refractivity contribution >= 4 is 5.97 Å². The quantitative estimate of drug-likeness (QED) is 0.667. The molecule has 0 saturated heterocycles. The van der Waals surface area contributed by atoms with Gasteiger partial charge in [-0.1, -0.05) is 30.4 Å². The van der Waals surface area contributed by atoms with Gasteiger partial charge >= 0.3 is 5.97 Å². The van der Waals surface area contributed by atoms with Gasteiger partial charge in [0.25, 0.3) is 0 Å². The van der Waals surface area contributed by atoms with Crippen molar-refractivity contribution in [3.63, 3.8) is 0 Å². The third-order valence-electron chi connectivity index (χ3n) is 2.40. The molecular weight excluding hydrogens is 204 g/mol. The molecule has 0 saturated carbocycles. The van der Waals surface area contributed by atoms with Crippen LogP contribution in [0.15, 0.2) is 47.8 Å². The molecule has 0 radical (unpaired) electrons. The summed E-state index contributed by atoms with van der Waals surface area (Å²) in [4.78, 5) is 11.8. The zero-order chi connectivity index (χ0) is 11.2. The Balaban J connectivity index is 1.97. The zero-order valence-corrected chi connectivity index (χ0v) is 9.02. The van der Waals surface area contributed by atoms with Gasteiger partial charge < -0.3 is 9.47 Å². The zero-order valence-electron chi connectivity index (χ0n) is 9.02. The summed E-state index contributed by atoms with van der Waals surface area (Å²) < 4.78 is 10.4. The van der Waals surface area contributed by atoms with E-state index in [-0.39, 0.29) is 5.97 Å². The second-order valence-corrected chi connectivity index (χ2v) is 3.59. The molecule has 1 heterocycles. The monoisotopic (exact) mass is 218 g/mol. The summed E-state index contributed by atoms with van der Waals surface area (Å²) in [6, 6.07) is 0. The van der Waals surface area contributed by atoms with E-state index in [4.69, 9.17) is 9.47 Å². The molecule has 0 atom stereocenters. The number of hydrogen-bond donors (Lipinski definition) is 0. The van der Waals surface area contributed by atoms with Crippen LogP contribution in [0.25, 0.3) is 0 Å². The van der Waals surface area contributed by atoms with Crippen LogP contribution in [0, 0.1) is 0 Å². The Morgan fingerprint density at radius 1 is 1.31 bits per heavy atom. The molecule has 84 valence electrons. The van der Waals surface area contributed by atoms with Crippen LogP contribution in [-0.2, 0) is 14.3 Å². The lowest BCUT2D eigenvalue weighted by atomic mass is 10.2. The first-order chi connectivity index (χ1) is 7.86. The number of hydrogen-bond acceptors (Lipinski definition) is 3. The maximum absolute atomic E-state index is 11.8. The van der Waals surface area contributed by atoms with Crippen molar-refractivity contribution in [1.29, 1.82) is 0 Å². The van der Waals surface area contributed by atoms with Crippen molar-refractivity contribution in [2.75, 3.05) is 13.2 Å². The maximum atomic E-state index is 11.8. The predicted octanol–water partition coefficient (Wildman–Crippen LogP) is 2.28. The molecule has 2 aliphatic rings. The van der Waals surface area contributed by atoms with Crippen LogP contribution >= 0.6 is 0 Å². The van der Waals surface area contributed by atoms with Gasteiger partial charge in [-0.05, 0) is 12.5 Å². The molecule has 0 spiro atoms. The Hall–Kier alpha value is -1.61. The Morgan fingerprint density at radius 2 is 2.25 bits per heavy atom. The Kier molecular flexibility index (Phi) is 3.72. The molecule has 0 aromatic rings. The van der Waals surface area contributed by atoms with E-state index in [1.54, 1.807) is 6.08 Å². The minimum Gasteiger partial charge on any atom is -0.428 e. The molecule has 1 aliphatic heterocycles. The van der Waals surface area contributed by atoms with Crippen LogP contribution in [0.3, 0.4) is 0 Å². The van der Waals surface area contributed by atoms with E-state index >= 15 is 0 Å². The normalized spacial score (nSPS) is 19.8. The van der Waals surface area contributed by atoms with E-state index in [1.165, 1.54) is 0 Å². The van der Waals surface area contributed by atoms with Crippen LogP contribution in [0.2, 0.25) is 0 Å². The number of carbonyl (C=O) groups is 1. The van der Waals surface area contributed by atoms with Gasteiger partial charge in [-0.25, -0.2) is 4.79 Å². The molecule has 0 N–H and O–H groups in total. The highest BCUT2D eigenvalue weighted by atomic mass is 16.5. The first-order valence-electron chi connectivity index (χ1n) is 5.37. The molecule has 0 aromatic heterocycles. The van der Waals surface area contributed by atoms with Crippen LogP contribution < -0.4 is 0 Å². The topological polar surface area (TPSA) is 35.5 Å².